The van der Waals surface area contributed by atoms with Crippen LogP contribution in [0.1, 0.15) is 59.4 Å². The van der Waals surface area contributed by atoms with E-state index < -0.39 is 5.60 Å². The van der Waals surface area contributed by atoms with Gasteiger partial charge in [-0.1, -0.05) is 38.5 Å². The number of hydrogen-bond acceptors (Lipinski definition) is 3. The van der Waals surface area contributed by atoms with Gasteiger partial charge in [-0.15, -0.1) is 0 Å². The molecule has 4 heteroatoms. The molecule has 0 heterocycles. The van der Waals surface area contributed by atoms with Gasteiger partial charge < -0.3 is 15.4 Å². The molecule has 2 rings (SSSR count). The highest BCUT2D eigenvalue weighted by Gasteiger charge is 2.34. The average Bonchev–Trinajstić information content (AvgIpc) is 2.75. The standard InChI is InChI=1S/C19H30N2O2/c1-18(2,3)23-17(22)20-13-14-9-6-7-10-15(14)21-16-11-8-12-19(16,4)5/h6-7,9-10,16,21H,8,11-13H2,1-5H3,(H,20,22). The summed E-state index contributed by atoms with van der Waals surface area (Å²) in [5.74, 6) is 0. The molecule has 0 aromatic heterocycles. The Labute approximate surface area is 140 Å². The molecule has 23 heavy (non-hydrogen) atoms. The van der Waals surface area contributed by atoms with Crippen molar-refractivity contribution >= 4 is 11.8 Å². The van der Waals surface area contributed by atoms with Gasteiger partial charge in [-0.25, -0.2) is 4.79 Å². The van der Waals surface area contributed by atoms with Crippen molar-refractivity contribution in [2.45, 2.75) is 72.1 Å². The Morgan fingerprint density at radius 2 is 2.00 bits per heavy atom. The van der Waals surface area contributed by atoms with Crippen LogP contribution < -0.4 is 10.6 Å². The van der Waals surface area contributed by atoms with Gasteiger partial charge in [0.1, 0.15) is 5.60 Å². The SMILES string of the molecule is CC(C)(C)OC(=O)NCc1ccccc1NC1CCCC1(C)C. The first-order valence-electron chi connectivity index (χ1n) is 8.49. The van der Waals surface area contributed by atoms with Gasteiger partial charge in [-0.2, -0.15) is 0 Å². The van der Waals surface area contributed by atoms with Crippen molar-refractivity contribution in [2.24, 2.45) is 5.41 Å². The summed E-state index contributed by atoms with van der Waals surface area (Å²) >= 11 is 0. The number of alkyl carbamates (subject to hydrolysis) is 1. The maximum atomic E-state index is 11.8. The zero-order valence-corrected chi connectivity index (χ0v) is 15.0. The van der Waals surface area contributed by atoms with E-state index in [4.69, 9.17) is 4.74 Å². The first kappa shape index (κ1) is 17.6. The lowest BCUT2D eigenvalue weighted by molar-refractivity contribution is 0.0523. The molecule has 1 aromatic carbocycles. The molecule has 1 atom stereocenters. The van der Waals surface area contributed by atoms with E-state index in [-0.39, 0.29) is 6.09 Å². The summed E-state index contributed by atoms with van der Waals surface area (Å²) in [5.41, 5.74) is 2.02. The monoisotopic (exact) mass is 318 g/mol. The number of amides is 1. The minimum Gasteiger partial charge on any atom is -0.444 e. The lowest BCUT2D eigenvalue weighted by Crippen LogP contribution is -2.33. The normalized spacial score (nSPS) is 20.1. The van der Waals surface area contributed by atoms with Crippen LogP contribution in [0.3, 0.4) is 0 Å². The number of carbonyl (C=O) groups excluding carboxylic acids is 1. The van der Waals surface area contributed by atoms with E-state index in [1.165, 1.54) is 19.3 Å². The van der Waals surface area contributed by atoms with Crippen molar-refractivity contribution in [3.05, 3.63) is 29.8 Å². The highest BCUT2D eigenvalue weighted by Crippen LogP contribution is 2.39. The molecule has 0 saturated heterocycles. The van der Waals surface area contributed by atoms with E-state index in [0.29, 0.717) is 18.0 Å². The van der Waals surface area contributed by atoms with Crippen LogP contribution in [0.15, 0.2) is 24.3 Å². The van der Waals surface area contributed by atoms with Crippen molar-refractivity contribution in [1.82, 2.24) is 5.32 Å². The summed E-state index contributed by atoms with van der Waals surface area (Å²) in [6.45, 7) is 10.7. The smallest absolute Gasteiger partial charge is 0.407 e. The van der Waals surface area contributed by atoms with E-state index in [2.05, 4.69) is 30.5 Å². The van der Waals surface area contributed by atoms with Crippen LogP contribution in [0.4, 0.5) is 10.5 Å². The molecule has 0 bridgehead atoms. The van der Waals surface area contributed by atoms with Crippen molar-refractivity contribution in [3.8, 4) is 0 Å². The Balaban J connectivity index is 1.99. The lowest BCUT2D eigenvalue weighted by atomic mass is 9.87. The van der Waals surface area contributed by atoms with E-state index in [9.17, 15) is 4.79 Å². The largest absolute Gasteiger partial charge is 0.444 e. The van der Waals surface area contributed by atoms with Crippen molar-refractivity contribution in [1.29, 1.82) is 0 Å². The summed E-state index contributed by atoms with van der Waals surface area (Å²) in [7, 11) is 0. The fourth-order valence-electron chi connectivity index (χ4n) is 3.08. The fraction of sp³-hybridized carbons (Fsp3) is 0.632. The number of carbonyl (C=O) groups is 1. The maximum absolute atomic E-state index is 11.8. The molecule has 0 radical (unpaired) electrons. The molecular weight excluding hydrogens is 288 g/mol. The molecule has 1 fully saturated rings. The molecule has 1 aliphatic rings. The number of hydrogen-bond donors (Lipinski definition) is 2. The van der Waals surface area contributed by atoms with E-state index in [0.717, 1.165) is 11.3 Å². The van der Waals surface area contributed by atoms with Gasteiger partial charge in [-0.05, 0) is 50.7 Å². The Kier molecular flexibility index (Phi) is 5.23. The third kappa shape index (κ3) is 5.15. The zero-order valence-electron chi connectivity index (χ0n) is 15.0. The van der Waals surface area contributed by atoms with Gasteiger partial charge in [0, 0.05) is 18.3 Å². The minimum absolute atomic E-state index is 0.311. The van der Waals surface area contributed by atoms with Gasteiger partial charge in [0.2, 0.25) is 0 Å². The third-order valence-electron chi connectivity index (χ3n) is 4.43. The molecule has 1 aliphatic carbocycles. The molecule has 1 aromatic rings. The van der Waals surface area contributed by atoms with E-state index in [1.807, 2.05) is 39.0 Å². The molecule has 1 saturated carbocycles. The zero-order chi connectivity index (χ0) is 17.1. The quantitative estimate of drug-likeness (QED) is 0.846. The number of rotatable bonds is 4. The van der Waals surface area contributed by atoms with Crippen LogP contribution in [0.2, 0.25) is 0 Å². The van der Waals surface area contributed by atoms with Crippen molar-refractivity contribution < 1.29 is 9.53 Å². The maximum Gasteiger partial charge on any atom is 0.407 e. The molecule has 0 aliphatic heterocycles. The second kappa shape index (κ2) is 6.81. The van der Waals surface area contributed by atoms with E-state index in [1.54, 1.807) is 0 Å². The number of ether oxygens (including phenoxy) is 1. The van der Waals surface area contributed by atoms with Gasteiger partial charge in [-0.3, -0.25) is 0 Å². The number of para-hydroxylation sites is 1. The first-order valence-corrected chi connectivity index (χ1v) is 8.49. The number of anilines is 1. The van der Waals surface area contributed by atoms with Crippen molar-refractivity contribution in [3.63, 3.8) is 0 Å². The van der Waals surface area contributed by atoms with Crippen LogP contribution in [0.5, 0.6) is 0 Å². The summed E-state index contributed by atoms with van der Waals surface area (Å²) < 4.78 is 5.30. The summed E-state index contributed by atoms with van der Waals surface area (Å²) in [6, 6.07) is 8.63. The van der Waals surface area contributed by atoms with Crippen molar-refractivity contribution in [2.75, 3.05) is 5.32 Å². The summed E-state index contributed by atoms with van der Waals surface area (Å²) in [6.07, 6.45) is 3.33. The first-order chi connectivity index (χ1) is 10.7. The second-order valence-electron chi connectivity index (χ2n) is 8.09. The van der Waals surface area contributed by atoms with Gasteiger partial charge in [0.25, 0.3) is 0 Å². The van der Waals surface area contributed by atoms with Gasteiger partial charge >= 0.3 is 6.09 Å². The molecular formula is C19H30N2O2. The topological polar surface area (TPSA) is 50.4 Å². The molecule has 0 spiro atoms. The predicted molar refractivity (Wildman–Crippen MR) is 94.6 cm³/mol. The Morgan fingerprint density at radius 1 is 1.30 bits per heavy atom. The van der Waals surface area contributed by atoms with Crippen LogP contribution >= 0.6 is 0 Å². The predicted octanol–water partition coefficient (Wildman–Crippen LogP) is 4.70. The molecule has 128 valence electrons. The van der Waals surface area contributed by atoms with Gasteiger partial charge in [0.05, 0.1) is 0 Å². The lowest BCUT2D eigenvalue weighted by Gasteiger charge is -2.29. The molecule has 4 nitrogen and oxygen atoms in total. The summed E-state index contributed by atoms with van der Waals surface area (Å²) in [4.78, 5) is 11.8. The summed E-state index contributed by atoms with van der Waals surface area (Å²) in [5, 5.41) is 6.52. The Hall–Kier alpha value is -1.71. The Bertz CT molecular complexity index is 547. The second-order valence-corrected chi connectivity index (χ2v) is 8.09. The van der Waals surface area contributed by atoms with Crippen LogP contribution in [0.25, 0.3) is 0 Å². The van der Waals surface area contributed by atoms with Crippen LogP contribution in [-0.2, 0) is 11.3 Å². The minimum atomic E-state index is -0.476. The van der Waals surface area contributed by atoms with Crippen LogP contribution in [-0.4, -0.2) is 17.7 Å². The number of benzene rings is 1. The molecule has 2 N–H and O–H groups in total. The molecule has 1 unspecified atom stereocenters. The van der Waals surface area contributed by atoms with Crippen LogP contribution in [0, 0.1) is 5.41 Å². The highest BCUT2D eigenvalue weighted by molar-refractivity contribution is 5.68. The van der Waals surface area contributed by atoms with Gasteiger partial charge in [0.15, 0.2) is 0 Å². The fourth-order valence-corrected chi connectivity index (χ4v) is 3.08. The van der Waals surface area contributed by atoms with E-state index >= 15 is 0 Å². The number of nitrogens with one attached hydrogen (secondary N) is 2. The Morgan fingerprint density at radius 3 is 2.61 bits per heavy atom. The average molecular weight is 318 g/mol. The third-order valence-corrected chi connectivity index (χ3v) is 4.43. The highest BCUT2D eigenvalue weighted by atomic mass is 16.6. The molecule has 1 amide bonds.